The predicted octanol–water partition coefficient (Wildman–Crippen LogP) is 1.84. The van der Waals surface area contributed by atoms with Gasteiger partial charge in [-0.1, -0.05) is 18.5 Å². The smallest absolute Gasteiger partial charge is 0.266 e. The Morgan fingerprint density at radius 3 is 2.79 bits per heavy atom. The van der Waals surface area contributed by atoms with Crippen LogP contribution in [0, 0.1) is 0 Å². The Hall–Kier alpha value is -0.500. The van der Waals surface area contributed by atoms with Gasteiger partial charge in [0.2, 0.25) is 10.0 Å². The molecule has 1 heterocycles. The molecule has 0 saturated carbocycles. The van der Waals surface area contributed by atoms with E-state index in [1.54, 1.807) is 18.7 Å². The molecule has 2 N–H and O–H groups in total. The number of aromatic amines is 1. The van der Waals surface area contributed by atoms with Crippen LogP contribution in [0.2, 0.25) is 5.02 Å². The second-order valence-electron chi connectivity index (χ2n) is 4.02. The average Bonchev–Trinajstić information content (AvgIpc) is 2.32. The minimum absolute atomic E-state index is 0.0351. The van der Waals surface area contributed by atoms with Crippen molar-refractivity contribution in [2.45, 2.75) is 31.2 Å². The maximum Gasteiger partial charge on any atom is 0.266 e. The summed E-state index contributed by atoms with van der Waals surface area (Å²) in [6.07, 6.45) is 1.89. The highest BCUT2D eigenvalue weighted by Crippen LogP contribution is 2.12. The number of halogens is 1. The highest BCUT2D eigenvalue weighted by molar-refractivity contribution is 7.99. The largest absolute Gasteiger partial charge is 0.326 e. The van der Waals surface area contributed by atoms with Crippen molar-refractivity contribution in [3.63, 3.8) is 0 Å². The molecule has 1 aromatic rings. The third-order valence-corrected chi connectivity index (χ3v) is 5.18. The second-order valence-corrected chi connectivity index (χ2v) is 7.54. The van der Waals surface area contributed by atoms with Crippen LogP contribution < -0.4 is 10.3 Å². The van der Waals surface area contributed by atoms with E-state index < -0.39 is 15.6 Å². The van der Waals surface area contributed by atoms with E-state index in [0.29, 0.717) is 0 Å². The van der Waals surface area contributed by atoms with Gasteiger partial charge in [0.1, 0.15) is 5.02 Å². The maximum atomic E-state index is 12.0. The van der Waals surface area contributed by atoms with Crippen LogP contribution in [0.25, 0.3) is 0 Å². The van der Waals surface area contributed by atoms with Gasteiger partial charge in [0, 0.05) is 12.2 Å². The number of hydrogen-bond acceptors (Lipinski definition) is 4. The van der Waals surface area contributed by atoms with Crippen molar-refractivity contribution < 1.29 is 8.42 Å². The highest BCUT2D eigenvalue weighted by atomic mass is 35.5. The average molecular weight is 325 g/mol. The number of aromatic nitrogens is 1. The lowest BCUT2D eigenvalue weighted by Gasteiger charge is -2.13. The van der Waals surface area contributed by atoms with Crippen molar-refractivity contribution in [2.24, 2.45) is 0 Å². The summed E-state index contributed by atoms with van der Waals surface area (Å²) >= 11 is 7.38. The SMILES string of the molecule is CCSCCC(C)NS(=O)(=O)c1c[nH]c(=O)c(Cl)c1. The van der Waals surface area contributed by atoms with E-state index in [9.17, 15) is 13.2 Å². The van der Waals surface area contributed by atoms with Crippen molar-refractivity contribution in [3.05, 3.63) is 27.6 Å². The van der Waals surface area contributed by atoms with E-state index >= 15 is 0 Å². The summed E-state index contributed by atoms with van der Waals surface area (Å²) in [6, 6.07) is 0.978. The fourth-order valence-electron chi connectivity index (χ4n) is 1.39. The number of nitrogens with one attached hydrogen (secondary N) is 2. The molecule has 5 nitrogen and oxygen atoms in total. The van der Waals surface area contributed by atoms with Gasteiger partial charge in [-0.15, -0.1) is 0 Å². The third kappa shape index (κ3) is 5.18. The summed E-state index contributed by atoms with van der Waals surface area (Å²) in [7, 11) is -3.65. The Kier molecular flexibility index (Phi) is 6.38. The molecule has 0 bridgehead atoms. The van der Waals surface area contributed by atoms with Crippen molar-refractivity contribution in [3.8, 4) is 0 Å². The fraction of sp³-hybridized carbons (Fsp3) is 0.545. The van der Waals surface area contributed by atoms with Crippen LogP contribution in [0.1, 0.15) is 20.3 Å². The molecule has 1 rings (SSSR count). The number of rotatable bonds is 7. The molecule has 0 aromatic carbocycles. The van der Waals surface area contributed by atoms with E-state index in [-0.39, 0.29) is 16.0 Å². The summed E-state index contributed by atoms with van der Waals surface area (Å²) in [4.78, 5) is 13.3. The van der Waals surface area contributed by atoms with Crippen molar-refractivity contribution >= 4 is 33.4 Å². The zero-order valence-electron chi connectivity index (χ0n) is 10.8. The summed E-state index contributed by atoms with van der Waals surface area (Å²) in [5.41, 5.74) is -0.506. The van der Waals surface area contributed by atoms with E-state index in [2.05, 4.69) is 16.6 Å². The molecular weight excluding hydrogens is 308 g/mol. The first-order valence-electron chi connectivity index (χ1n) is 5.85. The number of H-pyrrole nitrogens is 1. The Balaban J connectivity index is 2.75. The third-order valence-electron chi connectivity index (χ3n) is 2.40. The molecule has 0 aliphatic carbocycles. The molecule has 0 aliphatic rings. The molecule has 0 fully saturated rings. The molecule has 19 heavy (non-hydrogen) atoms. The molecule has 0 radical (unpaired) electrons. The summed E-state index contributed by atoms with van der Waals surface area (Å²) in [5, 5.41) is -0.142. The standard InChI is InChI=1S/C11H17ClN2O3S2/c1-3-18-5-4-8(2)14-19(16,17)9-6-10(12)11(15)13-7-9/h6-8,14H,3-5H2,1-2H3,(H,13,15). The Labute approximate surface area is 122 Å². The van der Waals surface area contributed by atoms with Gasteiger partial charge < -0.3 is 4.98 Å². The van der Waals surface area contributed by atoms with Crippen molar-refractivity contribution in [1.82, 2.24) is 9.71 Å². The second kappa shape index (κ2) is 7.33. The van der Waals surface area contributed by atoms with Crippen molar-refractivity contribution in [2.75, 3.05) is 11.5 Å². The van der Waals surface area contributed by atoms with E-state index in [1.807, 2.05) is 0 Å². The fourth-order valence-corrected chi connectivity index (χ4v) is 3.71. The molecule has 0 amide bonds. The molecule has 0 spiro atoms. The quantitative estimate of drug-likeness (QED) is 0.750. The van der Waals surface area contributed by atoms with Gasteiger partial charge in [-0.2, -0.15) is 11.8 Å². The summed E-state index contributed by atoms with van der Waals surface area (Å²) < 4.78 is 26.6. The zero-order valence-corrected chi connectivity index (χ0v) is 13.2. The van der Waals surface area contributed by atoms with Crippen LogP contribution in [-0.2, 0) is 10.0 Å². The van der Waals surface area contributed by atoms with Gasteiger partial charge in [0.05, 0.1) is 4.90 Å². The number of hydrogen-bond donors (Lipinski definition) is 2. The predicted molar refractivity (Wildman–Crippen MR) is 79.5 cm³/mol. The van der Waals surface area contributed by atoms with Crippen molar-refractivity contribution in [1.29, 1.82) is 0 Å². The number of thioether (sulfide) groups is 1. The normalized spacial score (nSPS) is 13.4. The highest BCUT2D eigenvalue weighted by Gasteiger charge is 2.18. The summed E-state index contributed by atoms with van der Waals surface area (Å²) in [5.74, 6) is 1.90. The minimum Gasteiger partial charge on any atom is -0.326 e. The molecule has 108 valence electrons. The van der Waals surface area contributed by atoms with Crippen LogP contribution in [0.3, 0.4) is 0 Å². The number of pyridine rings is 1. The van der Waals surface area contributed by atoms with Gasteiger partial charge in [0.15, 0.2) is 0 Å². The van der Waals surface area contributed by atoms with Crippen LogP contribution >= 0.6 is 23.4 Å². The minimum atomic E-state index is -3.65. The Bertz CT molecular complexity index is 572. The van der Waals surface area contributed by atoms with Gasteiger partial charge >= 0.3 is 0 Å². The van der Waals surface area contributed by atoms with Gasteiger partial charge in [-0.25, -0.2) is 13.1 Å². The maximum absolute atomic E-state index is 12.0. The molecule has 1 aromatic heterocycles. The number of sulfonamides is 1. The molecule has 1 unspecified atom stereocenters. The van der Waals surface area contributed by atoms with Gasteiger partial charge in [-0.3, -0.25) is 4.79 Å². The first-order chi connectivity index (χ1) is 8.86. The zero-order chi connectivity index (χ0) is 14.5. The Morgan fingerprint density at radius 1 is 1.53 bits per heavy atom. The molecular formula is C11H17ClN2O3S2. The van der Waals surface area contributed by atoms with E-state index in [0.717, 1.165) is 30.2 Å². The monoisotopic (exact) mass is 324 g/mol. The molecule has 8 heteroatoms. The lowest BCUT2D eigenvalue weighted by atomic mass is 10.3. The first kappa shape index (κ1) is 16.6. The van der Waals surface area contributed by atoms with Gasteiger partial charge in [0.25, 0.3) is 5.56 Å². The van der Waals surface area contributed by atoms with Crippen LogP contribution in [-0.4, -0.2) is 30.9 Å². The first-order valence-corrected chi connectivity index (χ1v) is 8.86. The lowest BCUT2D eigenvalue weighted by molar-refractivity contribution is 0.556. The van der Waals surface area contributed by atoms with E-state index in [4.69, 9.17) is 11.6 Å². The topological polar surface area (TPSA) is 79.0 Å². The van der Waals surface area contributed by atoms with Crippen LogP contribution in [0.15, 0.2) is 22.0 Å². The Morgan fingerprint density at radius 2 is 2.21 bits per heavy atom. The molecule has 0 aliphatic heterocycles. The van der Waals surface area contributed by atoms with Gasteiger partial charge in [-0.05, 0) is 30.9 Å². The van der Waals surface area contributed by atoms with Crippen LogP contribution in [0.5, 0.6) is 0 Å². The van der Waals surface area contributed by atoms with E-state index in [1.165, 1.54) is 0 Å². The lowest BCUT2D eigenvalue weighted by Crippen LogP contribution is -2.33. The molecule has 1 atom stereocenters. The molecule has 0 saturated heterocycles. The van der Waals surface area contributed by atoms with Crippen LogP contribution in [0.4, 0.5) is 0 Å². The summed E-state index contributed by atoms with van der Waals surface area (Å²) in [6.45, 7) is 3.86.